The number of halogens is 3. The largest absolute Gasteiger partial charge is 0.349 e. The highest BCUT2D eigenvalue weighted by atomic mass is 127. The second kappa shape index (κ2) is 7.09. The number of amides is 1. The number of carbonyl (C=O) groups excluding carboxylic acids is 1. The molecule has 2 nitrogen and oxygen atoms in total. The van der Waals surface area contributed by atoms with Gasteiger partial charge in [-0.3, -0.25) is 4.79 Å². The molecule has 1 aromatic carbocycles. The zero-order valence-corrected chi connectivity index (χ0v) is 15.0. The van der Waals surface area contributed by atoms with E-state index in [0.717, 1.165) is 13.4 Å². The van der Waals surface area contributed by atoms with E-state index in [4.69, 9.17) is 0 Å². The van der Waals surface area contributed by atoms with Crippen LogP contribution in [0.15, 0.2) is 22.7 Å². The highest BCUT2D eigenvalue weighted by Gasteiger charge is 2.16. The topological polar surface area (TPSA) is 29.1 Å². The monoisotopic (exact) mass is 473 g/mol. The number of hydrogen-bond acceptors (Lipinski definition) is 1. The Morgan fingerprint density at radius 2 is 2.12 bits per heavy atom. The highest BCUT2D eigenvalue weighted by molar-refractivity contribution is 14.1. The molecule has 2 atom stereocenters. The Morgan fingerprint density at radius 1 is 1.47 bits per heavy atom. The summed E-state index contributed by atoms with van der Waals surface area (Å²) in [6, 6.07) is 5.86. The van der Waals surface area contributed by atoms with Gasteiger partial charge in [0.1, 0.15) is 0 Å². The Labute approximate surface area is 132 Å². The summed E-state index contributed by atoms with van der Waals surface area (Å²) < 4.78 is 1.88. The van der Waals surface area contributed by atoms with Crippen LogP contribution in [0, 0.1) is 9.49 Å². The van der Waals surface area contributed by atoms with Crippen LogP contribution in [0.3, 0.4) is 0 Å². The zero-order chi connectivity index (χ0) is 13.0. The molecule has 5 heteroatoms. The second-order valence-electron chi connectivity index (χ2n) is 4.02. The first kappa shape index (κ1) is 15.4. The van der Waals surface area contributed by atoms with Gasteiger partial charge < -0.3 is 5.32 Å². The molecule has 0 aromatic heterocycles. The Balaban J connectivity index is 2.79. The third-order valence-corrected chi connectivity index (χ3v) is 5.08. The molecule has 1 amide bonds. The average Bonchev–Trinajstić information content (AvgIpc) is 2.30. The molecule has 0 saturated heterocycles. The van der Waals surface area contributed by atoms with Crippen LogP contribution in [0.5, 0.6) is 0 Å². The molecule has 94 valence electrons. The molecule has 0 radical (unpaired) electrons. The van der Waals surface area contributed by atoms with Crippen LogP contribution in [-0.2, 0) is 0 Å². The molecule has 0 fully saturated rings. The molecule has 0 spiro atoms. The van der Waals surface area contributed by atoms with Crippen LogP contribution in [0.2, 0.25) is 0 Å². The van der Waals surface area contributed by atoms with E-state index in [1.165, 1.54) is 0 Å². The maximum Gasteiger partial charge on any atom is 0.252 e. The Bertz CT molecular complexity index is 411. The Morgan fingerprint density at radius 3 is 2.71 bits per heavy atom. The SMILES string of the molecule is CC(CBr)C(C)NC(=O)c1cc(Br)ccc1I. The number of hydrogen-bond donors (Lipinski definition) is 1. The van der Waals surface area contributed by atoms with Crippen LogP contribution >= 0.6 is 54.5 Å². The van der Waals surface area contributed by atoms with Crippen molar-refractivity contribution >= 4 is 60.4 Å². The van der Waals surface area contributed by atoms with Gasteiger partial charge in [-0.1, -0.05) is 38.8 Å². The van der Waals surface area contributed by atoms with E-state index < -0.39 is 0 Å². The summed E-state index contributed by atoms with van der Waals surface area (Å²) >= 11 is 8.98. The smallest absolute Gasteiger partial charge is 0.252 e. The van der Waals surface area contributed by atoms with Crippen molar-refractivity contribution in [2.45, 2.75) is 19.9 Å². The predicted molar refractivity (Wildman–Crippen MR) is 86.7 cm³/mol. The summed E-state index contributed by atoms with van der Waals surface area (Å²) in [6.07, 6.45) is 0. The first-order valence-electron chi connectivity index (χ1n) is 5.27. The molecule has 0 aliphatic heterocycles. The maximum absolute atomic E-state index is 12.1. The fourth-order valence-electron chi connectivity index (χ4n) is 1.23. The van der Waals surface area contributed by atoms with Crippen molar-refractivity contribution in [3.63, 3.8) is 0 Å². The lowest BCUT2D eigenvalue weighted by Crippen LogP contribution is -2.38. The molecule has 1 rings (SSSR count). The molecule has 1 aromatic rings. The van der Waals surface area contributed by atoms with Crippen molar-refractivity contribution in [3.8, 4) is 0 Å². The standard InChI is InChI=1S/C12H14Br2INO/c1-7(6-13)8(2)16-12(17)10-5-9(14)3-4-11(10)15/h3-5,7-8H,6H2,1-2H3,(H,16,17). The fourth-order valence-corrected chi connectivity index (χ4v) is 2.73. The van der Waals surface area contributed by atoms with E-state index in [9.17, 15) is 4.79 Å². The predicted octanol–water partition coefficient (Wildman–Crippen LogP) is 4.20. The van der Waals surface area contributed by atoms with Crippen molar-refractivity contribution < 1.29 is 4.79 Å². The fraction of sp³-hybridized carbons (Fsp3) is 0.417. The number of carbonyl (C=O) groups is 1. The third kappa shape index (κ3) is 4.52. The van der Waals surface area contributed by atoms with Gasteiger partial charge in [0.2, 0.25) is 0 Å². The summed E-state index contributed by atoms with van der Waals surface area (Å²) in [5.74, 6) is 0.389. The van der Waals surface area contributed by atoms with Gasteiger partial charge in [0.05, 0.1) is 5.56 Å². The minimum absolute atomic E-state index is 0.0176. The van der Waals surface area contributed by atoms with E-state index in [0.29, 0.717) is 11.5 Å². The number of rotatable bonds is 4. The van der Waals surface area contributed by atoms with Gasteiger partial charge in [-0.2, -0.15) is 0 Å². The van der Waals surface area contributed by atoms with Crippen LogP contribution in [-0.4, -0.2) is 17.3 Å². The Hall–Kier alpha value is 0.380. The van der Waals surface area contributed by atoms with Gasteiger partial charge in [0.15, 0.2) is 0 Å². The van der Waals surface area contributed by atoms with Crippen LogP contribution < -0.4 is 5.32 Å². The maximum atomic E-state index is 12.1. The molecule has 0 bridgehead atoms. The van der Waals surface area contributed by atoms with Gasteiger partial charge in [0.25, 0.3) is 5.91 Å². The first-order valence-corrected chi connectivity index (χ1v) is 8.27. The summed E-state index contributed by atoms with van der Waals surface area (Å²) in [5.41, 5.74) is 0.716. The van der Waals surface area contributed by atoms with E-state index in [2.05, 4.69) is 66.7 Å². The lowest BCUT2D eigenvalue weighted by Gasteiger charge is -2.19. The lowest BCUT2D eigenvalue weighted by atomic mass is 10.1. The summed E-state index contributed by atoms with van der Waals surface area (Å²) in [5, 5.41) is 3.90. The Kier molecular flexibility index (Phi) is 6.44. The highest BCUT2D eigenvalue weighted by Crippen LogP contribution is 2.19. The van der Waals surface area contributed by atoms with Crippen molar-refractivity contribution in [1.29, 1.82) is 0 Å². The normalized spacial score (nSPS) is 14.2. The van der Waals surface area contributed by atoms with Crippen molar-refractivity contribution in [3.05, 3.63) is 31.8 Å². The van der Waals surface area contributed by atoms with Crippen LogP contribution in [0.1, 0.15) is 24.2 Å². The third-order valence-electron chi connectivity index (χ3n) is 2.63. The second-order valence-corrected chi connectivity index (χ2v) is 6.74. The summed E-state index contributed by atoms with van der Waals surface area (Å²) in [4.78, 5) is 12.1. The van der Waals surface area contributed by atoms with Crippen molar-refractivity contribution in [2.75, 3.05) is 5.33 Å². The molecular formula is C12H14Br2INO. The number of nitrogens with one attached hydrogen (secondary N) is 1. The molecule has 17 heavy (non-hydrogen) atoms. The molecule has 0 heterocycles. The molecule has 1 N–H and O–H groups in total. The van der Waals surface area contributed by atoms with Gasteiger partial charge in [-0.25, -0.2) is 0 Å². The van der Waals surface area contributed by atoms with Crippen LogP contribution in [0.4, 0.5) is 0 Å². The van der Waals surface area contributed by atoms with Gasteiger partial charge >= 0.3 is 0 Å². The van der Waals surface area contributed by atoms with E-state index in [-0.39, 0.29) is 11.9 Å². The molecule has 0 aliphatic rings. The lowest BCUT2D eigenvalue weighted by molar-refractivity contribution is 0.0930. The number of alkyl halides is 1. The molecular weight excluding hydrogens is 461 g/mol. The molecule has 2 unspecified atom stereocenters. The van der Waals surface area contributed by atoms with Gasteiger partial charge in [0, 0.05) is 19.4 Å². The van der Waals surface area contributed by atoms with E-state index >= 15 is 0 Å². The van der Waals surface area contributed by atoms with Crippen LogP contribution in [0.25, 0.3) is 0 Å². The minimum Gasteiger partial charge on any atom is -0.349 e. The van der Waals surface area contributed by atoms with Crippen molar-refractivity contribution in [1.82, 2.24) is 5.32 Å². The summed E-state index contributed by atoms with van der Waals surface area (Å²) in [7, 11) is 0. The van der Waals surface area contributed by atoms with E-state index in [1.807, 2.05) is 25.1 Å². The quantitative estimate of drug-likeness (QED) is 0.514. The molecule has 0 aliphatic carbocycles. The minimum atomic E-state index is -0.0176. The van der Waals surface area contributed by atoms with Gasteiger partial charge in [-0.15, -0.1) is 0 Å². The first-order chi connectivity index (χ1) is 7.95. The number of benzene rings is 1. The van der Waals surface area contributed by atoms with Gasteiger partial charge in [-0.05, 0) is 53.6 Å². The summed E-state index contributed by atoms with van der Waals surface area (Å²) in [6.45, 7) is 4.13. The molecule has 0 saturated carbocycles. The zero-order valence-electron chi connectivity index (χ0n) is 9.64. The average molecular weight is 475 g/mol. The van der Waals surface area contributed by atoms with Crippen molar-refractivity contribution in [2.24, 2.45) is 5.92 Å². The van der Waals surface area contributed by atoms with E-state index in [1.54, 1.807) is 0 Å².